The van der Waals surface area contributed by atoms with E-state index in [-0.39, 0.29) is 18.4 Å². The SMILES string of the molecule is Cl.N[C@@H]1C[C@H]1c1ccc(C(=O)O)s1. The Morgan fingerprint density at radius 2 is 2.23 bits per heavy atom. The minimum Gasteiger partial charge on any atom is -0.477 e. The minimum absolute atomic E-state index is 0. The molecule has 0 amide bonds. The monoisotopic (exact) mass is 219 g/mol. The van der Waals surface area contributed by atoms with Crippen molar-refractivity contribution in [2.75, 3.05) is 0 Å². The quantitative estimate of drug-likeness (QED) is 0.796. The van der Waals surface area contributed by atoms with E-state index >= 15 is 0 Å². The third-order valence-corrected chi connectivity index (χ3v) is 3.25. The van der Waals surface area contributed by atoms with Gasteiger partial charge in [-0.15, -0.1) is 23.7 Å². The molecule has 0 bridgehead atoms. The van der Waals surface area contributed by atoms with Gasteiger partial charge >= 0.3 is 5.97 Å². The summed E-state index contributed by atoms with van der Waals surface area (Å²) < 4.78 is 0. The fourth-order valence-corrected chi connectivity index (χ4v) is 2.24. The van der Waals surface area contributed by atoms with Crippen molar-refractivity contribution in [1.29, 1.82) is 0 Å². The Hall–Kier alpha value is -0.580. The summed E-state index contributed by atoms with van der Waals surface area (Å²) in [6.45, 7) is 0. The molecule has 1 heterocycles. The number of nitrogens with two attached hydrogens (primary N) is 1. The van der Waals surface area contributed by atoms with Crippen LogP contribution < -0.4 is 5.73 Å². The molecular weight excluding hydrogens is 210 g/mol. The zero-order chi connectivity index (χ0) is 8.72. The summed E-state index contributed by atoms with van der Waals surface area (Å²) in [5, 5.41) is 8.65. The first-order valence-corrected chi connectivity index (χ1v) is 4.58. The number of halogens is 1. The van der Waals surface area contributed by atoms with Crippen LogP contribution in [0.25, 0.3) is 0 Å². The fourth-order valence-electron chi connectivity index (χ4n) is 1.21. The normalized spacial score (nSPS) is 25.0. The lowest BCUT2D eigenvalue weighted by Crippen LogP contribution is -1.99. The predicted molar refractivity (Wildman–Crippen MR) is 53.9 cm³/mol. The number of thiophene rings is 1. The maximum atomic E-state index is 10.5. The molecule has 0 spiro atoms. The summed E-state index contributed by atoms with van der Waals surface area (Å²) in [4.78, 5) is 12.0. The van der Waals surface area contributed by atoms with E-state index in [0.29, 0.717) is 10.8 Å². The van der Waals surface area contributed by atoms with Crippen LogP contribution in [0.1, 0.15) is 26.9 Å². The van der Waals surface area contributed by atoms with Crippen molar-refractivity contribution in [3.05, 3.63) is 21.9 Å². The highest BCUT2D eigenvalue weighted by Crippen LogP contribution is 2.42. The van der Waals surface area contributed by atoms with Gasteiger partial charge in [0.05, 0.1) is 0 Å². The zero-order valence-corrected chi connectivity index (χ0v) is 8.40. The van der Waals surface area contributed by atoms with Crippen LogP contribution in [0, 0.1) is 0 Å². The van der Waals surface area contributed by atoms with Crippen molar-refractivity contribution in [2.24, 2.45) is 5.73 Å². The first-order chi connectivity index (χ1) is 5.68. The molecule has 1 aliphatic carbocycles. The van der Waals surface area contributed by atoms with Crippen LogP contribution in [0.4, 0.5) is 0 Å². The van der Waals surface area contributed by atoms with Gasteiger partial charge in [0.25, 0.3) is 0 Å². The molecule has 3 N–H and O–H groups in total. The Morgan fingerprint density at radius 3 is 2.62 bits per heavy atom. The molecule has 0 aromatic carbocycles. The van der Waals surface area contributed by atoms with Gasteiger partial charge < -0.3 is 10.8 Å². The molecule has 2 atom stereocenters. The number of hydrogen-bond acceptors (Lipinski definition) is 3. The third kappa shape index (κ3) is 2.02. The minimum atomic E-state index is -0.847. The summed E-state index contributed by atoms with van der Waals surface area (Å²) in [5.41, 5.74) is 5.64. The molecule has 1 aromatic rings. The Labute approximate surface area is 86.0 Å². The molecule has 1 fully saturated rings. The number of carboxylic acids is 1. The smallest absolute Gasteiger partial charge is 0.345 e. The molecule has 1 saturated carbocycles. The van der Waals surface area contributed by atoms with Crippen LogP contribution >= 0.6 is 23.7 Å². The van der Waals surface area contributed by atoms with Gasteiger partial charge in [-0.25, -0.2) is 4.79 Å². The standard InChI is InChI=1S/C8H9NO2S.ClH/c9-5-3-4(5)6-1-2-7(12-6)8(10)11;/h1-2,4-5H,3,9H2,(H,10,11);1H/t4-,5-;/m1./s1. The number of rotatable bonds is 2. The molecule has 3 nitrogen and oxygen atoms in total. The molecule has 5 heteroatoms. The highest BCUT2D eigenvalue weighted by Gasteiger charge is 2.36. The van der Waals surface area contributed by atoms with Gasteiger partial charge in [0.15, 0.2) is 0 Å². The van der Waals surface area contributed by atoms with Crippen molar-refractivity contribution >= 4 is 29.7 Å². The van der Waals surface area contributed by atoms with Gasteiger partial charge in [0, 0.05) is 16.8 Å². The second-order valence-electron chi connectivity index (χ2n) is 3.01. The van der Waals surface area contributed by atoms with Crippen LogP contribution in [0.15, 0.2) is 12.1 Å². The average Bonchev–Trinajstić information content (AvgIpc) is 2.59. The molecule has 0 saturated heterocycles. The molecule has 0 aliphatic heterocycles. The van der Waals surface area contributed by atoms with Crippen LogP contribution in [0.3, 0.4) is 0 Å². The van der Waals surface area contributed by atoms with Gasteiger partial charge in [0.2, 0.25) is 0 Å². The highest BCUT2D eigenvalue weighted by molar-refractivity contribution is 7.14. The number of carboxylic acid groups (broad SMARTS) is 1. The molecule has 72 valence electrons. The van der Waals surface area contributed by atoms with Gasteiger partial charge in [-0.05, 0) is 18.6 Å². The summed E-state index contributed by atoms with van der Waals surface area (Å²) in [6, 6.07) is 3.77. The lowest BCUT2D eigenvalue weighted by atomic mass is 10.3. The topological polar surface area (TPSA) is 63.3 Å². The van der Waals surface area contributed by atoms with E-state index in [1.165, 1.54) is 11.3 Å². The first kappa shape index (κ1) is 10.5. The predicted octanol–water partition coefficient (Wildman–Crippen LogP) is 1.68. The van der Waals surface area contributed by atoms with Gasteiger partial charge in [-0.2, -0.15) is 0 Å². The lowest BCUT2D eigenvalue weighted by Gasteiger charge is -1.88. The van der Waals surface area contributed by atoms with E-state index in [2.05, 4.69) is 0 Å². The second kappa shape index (κ2) is 3.65. The number of hydrogen-bond donors (Lipinski definition) is 2. The van der Waals surface area contributed by atoms with E-state index in [1.807, 2.05) is 6.07 Å². The van der Waals surface area contributed by atoms with E-state index < -0.39 is 5.97 Å². The van der Waals surface area contributed by atoms with Crippen LogP contribution in [0.2, 0.25) is 0 Å². The van der Waals surface area contributed by atoms with E-state index in [0.717, 1.165) is 11.3 Å². The molecule has 0 unspecified atom stereocenters. The first-order valence-electron chi connectivity index (χ1n) is 3.77. The molecule has 1 aliphatic rings. The average molecular weight is 220 g/mol. The Balaban J connectivity index is 0.000000845. The van der Waals surface area contributed by atoms with Crippen molar-refractivity contribution in [3.63, 3.8) is 0 Å². The van der Waals surface area contributed by atoms with Gasteiger partial charge in [-0.1, -0.05) is 0 Å². The molecule has 2 rings (SSSR count). The maximum absolute atomic E-state index is 10.5. The Bertz CT molecular complexity index is 326. The van der Waals surface area contributed by atoms with Crippen LogP contribution in [-0.2, 0) is 0 Å². The summed E-state index contributed by atoms with van der Waals surface area (Å²) in [5.74, 6) is -0.427. The van der Waals surface area contributed by atoms with Crippen LogP contribution in [0.5, 0.6) is 0 Å². The van der Waals surface area contributed by atoms with Crippen molar-refractivity contribution in [3.8, 4) is 0 Å². The van der Waals surface area contributed by atoms with Gasteiger partial charge in [-0.3, -0.25) is 0 Å². The van der Waals surface area contributed by atoms with Crippen molar-refractivity contribution in [2.45, 2.75) is 18.4 Å². The van der Waals surface area contributed by atoms with Gasteiger partial charge in [0.1, 0.15) is 4.88 Å². The lowest BCUT2D eigenvalue weighted by molar-refractivity contribution is 0.0702. The molecule has 13 heavy (non-hydrogen) atoms. The summed E-state index contributed by atoms with van der Waals surface area (Å²) in [7, 11) is 0. The Morgan fingerprint density at radius 1 is 1.62 bits per heavy atom. The highest BCUT2D eigenvalue weighted by atomic mass is 35.5. The van der Waals surface area contributed by atoms with E-state index in [4.69, 9.17) is 10.8 Å². The van der Waals surface area contributed by atoms with Crippen molar-refractivity contribution in [1.82, 2.24) is 0 Å². The molecule has 1 aromatic heterocycles. The second-order valence-corrected chi connectivity index (χ2v) is 4.13. The van der Waals surface area contributed by atoms with Crippen molar-refractivity contribution < 1.29 is 9.90 Å². The fraction of sp³-hybridized carbons (Fsp3) is 0.375. The third-order valence-electron chi connectivity index (χ3n) is 2.04. The zero-order valence-electron chi connectivity index (χ0n) is 6.77. The van der Waals surface area contributed by atoms with Crippen LogP contribution in [-0.4, -0.2) is 17.1 Å². The summed E-state index contributed by atoms with van der Waals surface area (Å²) in [6.07, 6.45) is 1.000. The number of aromatic carboxylic acids is 1. The molecular formula is C8H10ClNO2S. The van der Waals surface area contributed by atoms with E-state index in [1.54, 1.807) is 6.07 Å². The maximum Gasteiger partial charge on any atom is 0.345 e. The van der Waals surface area contributed by atoms with E-state index in [9.17, 15) is 4.79 Å². The molecule has 0 radical (unpaired) electrons. The largest absolute Gasteiger partial charge is 0.477 e. The summed E-state index contributed by atoms with van der Waals surface area (Å²) >= 11 is 1.34. The number of carbonyl (C=O) groups is 1. The Kier molecular flexibility index (Phi) is 2.95.